The predicted octanol–water partition coefficient (Wildman–Crippen LogP) is 3.59. The molecule has 0 N–H and O–H groups in total. The van der Waals surface area contributed by atoms with Crippen molar-refractivity contribution in [3.8, 4) is 0 Å². The number of allylic oxidation sites excluding steroid dienone is 2. The van der Waals surface area contributed by atoms with Crippen LogP contribution >= 0.6 is 0 Å². The molecule has 1 aliphatic carbocycles. The Balaban J connectivity index is 1.88. The van der Waals surface area contributed by atoms with Gasteiger partial charge in [0.25, 0.3) is 0 Å². The lowest BCUT2D eigenvalue weighted by atomic mass is 9.76. The van der Waals surface area contributed by atoms with Crippen molar-refractivity contribution in [1.82, 2.24) is 0 Å². The van der Waals surface area contributed by atoms with Gasteiger partial charge in [0, 0.05) is 0 Å². The summed E-state index contributed by atoms with van der Waals surface area (Å²) < 4.78 is 0. The third kappa shape index (κ3) is 2.00. The molecule has 0 radical (unpaired) electrons. The van der Waals surface area contributed by atoms with Gasteiger partial charge < -0.3 is 0 Å². The highest BCUT2D eigenvalue weighted by Gasteiger charge is 2.21. The summed E-state index contributed by atoms with van der Waals surface area (Å²) in [7, 11) is 0. The largest absolute Gasteiger partial charge is 0.0884 e. The van der Waals surface area contributed by atoms with E-state index in [0.717, 1.165) is 5.92 Å². The molecular formula is C13H16. The van der Waals surface area contributed by atoms with Crippen molar-refractivity contribution in [1.29, 1.82) is 0 Å². The molecule has 0 saturated heterocycles. The third-order valence-electron chi connectivity index (χ3n) is 2.88. The summed E-state index contributed by atoms with van der Waals surface area (Å²) in [5, 5.41) is 0. The smallest absolute Gasteiger partial charge is 0.0244 e. The van der Waals surface area contributed by atoms with Crippen molar-refractivity contribution in [3.05, 3.63) is 47.5 Å². The Hall–Kier alpha value is -1.04. The average Bonchev–Trinajstić information content (AvgIpc) is 2.12. The average molecular weight is 172 g/mol. The second kappa shape index (κ2) is 3.78. The lowest BCUT2D eigenvalue weighted by molar-refractivity contribution is 0.415. The molecule has 1 saturated carbocycles. The van der Waals surface area contributed by atoms with E-state index >= 15 is 0 Å². The molecule has 0 heteroatoms. The molecule has 13 heavy (non-hydrogen) atoms. The van der Waals surface area contributed by atoms with Crippen molar-refractivity contribution in [2.24, 2.45) is 5.92 Å². The van der Waals surface area contributed by atoms with Gasteiger partial charge >= 0.3 is 0 Å². The summed E-state index contributed by atoms with van der Waals surface area (Å²) in [4.78, 5) is 0. The van der Waals surface area contributed by atoms with Crippen LogP contribution in [0.15, 0.2) is 42.0 Å². The first kappa shape index (κ1) is 8.55. The number of benzene rings is 1. The lowest BCUT2D eigenvalue weighted by Gasteiger charge is -2.29. The summed E-state index contributed by atoms with van der Waals surface area (Å²) in [6.45, 7) is 2.15. The number of hydrogen-bond donors (Lipinski definition) is 0. The highest BCUT2D eigenvalue weighted by molar-refractivity contribution is 5.19. The van der Waals surface area contributed by atoms with Gasteiger partial charge in [0.05, 0.1) is 0 Å². The minimum absolute atomic E-state index is 0.911. The van der Waals surface area contributed by atoms with Gasteiger partial charge in [0.15, 0.2) is 0 Å². The fourth-order valence-corrected chi connectivity index (χ4v) is 2.01. The van der Waals surface area contributed by atoms with E-state index in [1.807, 2.05) is 0 Å². The fourth-order valence-electron chi connectivity index (χ4n) is 2.01. The number of hydrogen-bond acceptors (Lipinski definition) is 0. The van der Waals surface area contributed by atoms with Gasteiger partial charge in [-0.3, -0.25) is 0 Å². The third-order valence-corrected chi connectivity index (χ3v) is 2.88. The van der Waals surface area contributed by atoms with Gasteiger partial charge in [0.2, 0.25) is 0 Å². The first-order valence-corrected chi connectivity index (χ1v) is 5.06. The van der Waals surface area contributed by atoms with Crippen molar-refractivity contribution < 1.29 is 0 Å². The Morgan fingerprint density at radius 2 is 1.92 bits per heavy atom. The van der Waals surface area contributed by atoms with Crippen LogP contribution in [0.2, 0.25) is 0 Å². The first-order valence-electron chi connectivity index (χ1n) is 5.06. The summed E-state index contributed by atoms with van der Waals surface area (Å²) in [6, 6.07) is 10.8. The minimum atomic E-state index is 0.911. The Morgan fingerprint density at radius 3 is 2.54 bits per heavy atom. The molecular weight excluding hydrogens is 156 g/mol. The quantitative estimate of drug-likeness (QED) is 0.598. The normalized spacial score (nSPS) is 21.0. The molecule has 1 fully saturated rings. The van der Waals surface area contributed by atoms with Crippen LogP contribution in [-0.2, 0) is 6.42 Å². The molecule has 0 unspecified atom stereocenters. The molecule has 0 aliphatic heterocycles. The molecule has 0 bridgehead atoms. The molecule has 0 heterocycles. The van der Waals surface area contributed by atoms with Crippen molar-refractivity contribution >= 4 is 0 Å². The number of rotatable bonds is 2. The highest BCUT2D eigenvalue weighted by Crippen LogP contribution is 2.35. The van der Waals surface area contributed by atoms with Crippen LogP contribution in [0.25, 0.3) is 0 Å². The molecule has 1 aromatic rings. The summed E-state index contributed by atoms with van der Waals surface area (Å²) in [5.74, 6) is 0.911. The topological polar surface area (TPSA) is 0 Å². The van der Waals surface area contributed by atoms with Gasteiger partial charge in [-0.05, 0) is 37.7 Å². The Labute approximate surface area is 80.3 Å². The van der Waals surface area contributed by atoms with Gasteiger partial charge in [-0.1, -0.05) is 42.0 Å². The van der Waals surface area contributed by atoms with Gasteiger partial charge in [-0.25, -0.2) is 0 Å². The summed E-state index contributed by atoms with van der Waals surface area (Å²) >= 11 is 0. The van der Waals surface area contributed by atoms with E-state index in [1.165, 1.54) is 24.8 Å². The molecule has 0 amide bonds. The van der Waals surface area contributed by atoms with E-state index in [0.29, 0.717) is 0 Å². The predicted molar refractivity (Wildman–Crippen MR) is 56.6 cm³/mol. The fraction of sp³-hybridized carbons (Fsp3) is 0.385. The maximum atomic E-state index is 2.27. The van der Waals surface area contributed by atoms with Crippen LogP contribution in [0.3, 0.4) is 0 Å². The van der Waals surface area contributed by atoms with Crippen LogP contribution in [0, 0.1) is 5.92 Å². The molecule has 1 aromatic carbocycles. The second-order valence-electron chi connectivity index (χ2n) is 3.91. The van der Waals surface area contributed by atoms with E-state index < -0.39 is 0 Å². The van der Waals surface area contributed by atoms with Gasteiger partial charge in [-0.2, -0.15) is 0 Å². The first-order chi connectivity index (χ1) is 6.38. The Morgan fingerprint density at radius 1 is 1.23 bits per heavy atom. The summed E-state index contributed by atoms with van der Waals surface area (Å²) in [5.41, 5.74) is 3.13. The zero-order chi connectivity index (χ0) is 9.10. The van der Waals surface area contributed by atoms with Crippen molar-refractivity contribution in [2.75, 3.05) is 0 Å². The molecule has 68 valence electrons. The summed E-state index contributed by atoms with van der Waals surface area (Å²) in [6.07, 6.45) is 6.18. The van der Waals surface area contributed by atoms with Crippen LogP contribution in [-0.4, -0.2) is 0 Å². The lowest BCUT2D eigenvalue weighted by Crippen LogP contribution is -2.16. The molecule has 1 aliphatic rings. The Bertz CT molecular complexity index is 287. The van der Waals surface area contributed by atoms with Gasteiger partial charge in [-0.15, -0.1) is 0 Å². The minimum Gasteiger partial charge on any atom is -0.0884 e. The van der Waals surface area contributed by atoms with Crippen LogP contribution in [0.4, 0.5) is 0 Å². The zero-order valence-corrected chi connectivity index (χ0v) is 8.16. The maximum absolute atomic E-state index is 2.27. The second-order valence-corrected chi connectivity index (χ2v) is 3.91. The standard InChI is InChI=1S/C13H16/c1-2-11-8-13(9-11)10-12-6-4-3-5-7-12/h2-7,13H,8-10H2,1H3. The highest BCUT2D eigenvalue weighted by atomic mass is 14.3. The van der Waals surface area contributed by atoms with E-state index in [4.69, 9.17) is 0 Å². The molecule has 0 aromatic heterocycles. The molecule has 0 nitrogen and oxygen atoms in total. The van der Waals surface area contributed by atoms with E-state index in [-0.39, 0.29) is 0 Å². The zero-order valence-electron chi connectivity index (χ0n) is 8.16. The van der Waals surface area contributed by atoms with E-state index in [9.17, 15) is 0 Å². The molecule has 2 rings (SSSR count). The van der Waals surface area contributed by atoms with Crippen molar-refractivity contribution in [3.63, 3.8) is 0 Å². The monoisotopic (exact) mass is 172 g/mol. The van der Waals surface area contributed by atoms with Crippen molar-refractivity contribution in [2.45, 2.75) is 26.2 Å². The van der Waals surface area contributed by atoms with Gasteiger partial charge in [0.1, 0.15) is 0 Å². The molecule has 0 spiro atoms. The molecule has 0 atom stereocenters. The van der Waals surface area contributed by atoms with Crippen LogP contribution in [0.5, 0.6) is 0 Å². The van der Waals surface area contributed by atoms with Crippen LogP contribution in [0.1, 0.15) is 25.3 Å². The maximum Gasteiger partial charge on any atom is -0.0244 e. The SMILES string of the molecule is CC=C1CC(Cc2ccccc2)C1. The van der Waals surface area contributed by atoms with E-state index in [2.05, 4.69) is 43.3 Å². The Kier molecular flexibility index (Phi) is 2.49. The van der Waals surface area contributed by atoms with E-state index in [1.54, 1.807) is 5.57 Å². The van der Waals surface area contributed by atoms with Crippen LogP contribution < -0.4 is 0 Å².